The second-order valence-corrected chi connectivity index (χ2v) is 5.64. The summed E-state index contributed by atoms with van der Waals surface area (Å²) >= 11 is 0. The van der Waals surface area contributed by atoms with Crippen molar-refractivity contribution in [3.8, 4) is 0 Å². The molecule has 8 heteroatoms. The molecule has 21 heavy (non-hydrogen) atoms. The van der Waals surface area contributed by atoms with Gasteiger partial charge in [-0.2, -0.15) is 0 Å². The van der Waals surface area contributed by atoms with Gasteiger partial charge in [-0.05, 0) is 25.8 Å². The van der Waals surface area contributed by atoms with Crippen LogP contribution in [-0.2, 0) is 9.59 Å². The lowest BCUT2D eigenvalue weighted by molar-refractivity contribution is -0.140. The number of rotatable bonds is 4. The zero-order valence-corrected chi connectivity index (χ0v) is 12.0. The lowest BCUT2D eigenvalue weighted by Crippen LogP contribution is -2.51. The second-order valence-electron chi connectivity index (χ2n) is 5.64. The molecule has 0 spiro atoms. The van der Waals surface area contributed by atoms with Crippen LogP contribution in [0.2, 0.25) is 0 Å². The van der Waals surface area contributed by atoms with Crippen molar-refractivity contribution >= 4 is 17.9 Å². The Hall–Kier alpha value is -1.83. The molecule has 0 aromatic carbocycles. The quantitative estimate of drug-likeness (QED) is 0.628. The molecule has 0 bridgehead atoms. The first kappa shape index (κ1) is 15.6. The monoisotopic (exact) mass is 298 g/mol. The third kappa shape index (κ3) is 4.07. The van der Waals surface area contributed by atoms with Gasteiger partial charge in [0.25, 0.3) is 0 Å². The van der Waals surface area contributed by atoms with Crippen molar-refractivity contribution < 1.29 is 19.5 Å². The first-order valence-corrected chi connectivity index (χ1v) is 7.28. The molecule has 118 valence electrons. The van der Waals surface area contributed by atoms with Gasteiger partial charge in [0.1, 0.15) is 6.04 Å². The number of primary amides is 1. The smallest absolute Gasteiger partial charge is 0.326 e. The Morgan fingerprint density at radius 3 is 2.62 bits per heavy atom. The zero-order valence-electron chi connectivity index (χ0n) is 12.0. The number of carbonyl (C=O) groups excluding carboxylic acids is 2. The SMILES string of the molecule is NC(=O)C[C@H](NC(=O)N1CCCN2CCCC2C1)C(=O)O. The molecule has 0 aromatic heterocycles. The standard InChI is InChI=1S/C13H22N4O4/c14-11(18)7-10(12(19)20)15-13(21)17-6-2-5-16-4-1-3-9(16)8-17/h9-10H,1-8H2,(H2,14,18)(H,15,21)(H,19,20)/t9?,10-/m0/s1. The summed E-state index contributed by atoms with van der Waals surface area (Å²) < 4.78 is 0. The number of aliphatic carboxylic acids is 1. The third-order valence-electron chi connectivity index (χ3n) is 4.09. The van der Waals surface area contributed by atoms with Crippen LogP contribution in [0.25, 0.3) is 0 Å². The minimum atomic E-state index is -1.27. The molecule has 3 amide bonds. The molecule has 2 heterocycles. The molecule has 8 nitrogen and oxygen atoms in total. The van der Waals surface area contributed by atoms with Crippen molar-refractivity contribution in [2.75, 3.05) is 26.2 Å². The number of carboxylic acid groups (broad SMARTS) is 1. The molecular formula is C13H22N4O4. The van der Waals surface area contributed by atoms with Gasteiger partial charge in [-0.3, -0.25) is 9.69 Å². The lowest BCUT2D eigenvalue weighted by Gasteiger charge is -2.27. The Morgan fingerprint density at radius 1 is 1.24 bits per heavy atom. The van der Waals surface area contributed by atoms with Gasteiger partial charge in [0.2, 0.25) is 5.91 Å². The van der Waals surface area contributed by atoms with Gasteiger partial charge in [-0.15, -0.1) is 0 Å². The highest BCUT2D eigenvalue weighted by atomic mass is 16.4. The summed E-state index contributed by atoms with van der Waals surface area (Å²) in [4.78, 5) is 38.2. The number of amides is 3. The highest BCUT2D eigenvalue weighted by Crippen LogP contribution is 2.21. The summed E-state index contributed by atoms with van der Waals surface area (Å²) in [7, 11) is 0. The molecule has 2 rings (SSSR count). The molecule has 0 saturated carbocycles. The van der Waals surface area contributed by atoms with Crippen molar-refractivity contribution in [3.63, 3.8) is 0 Å². The predicted octanol–water partition coefficient (Wildman–Crippen LogP) is -0.805. The molecule has 0 aromatic rings. The van der Waals surface area contributed by atoms with Crippen LogP contribution in [-0.4, -0.2) is 71.1 Å². The van der Waals surface area contributed by atoms with Crippen molar-refractivity contribution in [3.05, 3.63) is 0 Å². The van der Waals surface area contributed by atoms with Crippen LogP contribution in [0.15, 0.2) is 0 Å². The van der Waals surface area contributed by atoms with Crippen molar-refractivity contribution in [1.82, 2.24) is 15.1 Å². The number of fused-ring (bicyclic) bond motifs is 1. The lowest BCUT2D eigenvalue weighted by atomic mass is 10.2. The number of urea groups is 1. The van der Waals surface area contributed by atoms with E-state index in [0.717, 1.165) is 32.4 Å². The number of carboxylic acids is 1. The van der Waals surface area contributed by atoms with Crippen molar-refractivity contribution in [2.45, 2.75) is 37.8 Å². The normalized spacial score (nSPS) is 24.0. The summed E-state index contributed by atoms with van der Waals surface area (Å²) in [5.74, 6) is -2.00. The van der Waals surface area contributed by atoms with Crippen LogP contribution in [0.4, 0.5) is 4.79 Å². The fraction of sp³-hybridized carbons (Fsp3) is 0.769. The number of hydrogen-bond donors (Lipinski definition) is 3. The van der Waals surface area contributed by atoms with Crippen molar-refractivity contribution in [2.24, 2.45) is 5.73 Å². The topological polar surface area (TPSA) is 116 Å². The molecule has 2 atom stereocenters. The van der Waals surface area contributed by atoms with E-state index in [1.807, 2.05) is 0 Å². The van der Waals surface area contributed by atoms with Gasteiger partial charge in [-0.25, -0.2) is 9.59 Å². The largest absolute Gasteiger partial charge is 0.480 e. The maximum absolute atomic E-state index is 12.2. The van der Waals surface area contributed by atoms with E-state index in [9.17, 15) is 14.4 Å². The molecule has 2 aliphatic heterocycles. The Balaban J connectivity index is 1.94. The molecule has 2 fully saturated rings. The van der Waals surface area contributed by atoms with Gasteiger partial charge in [0.15, 0.2) is 0 Å². The average Bonchev–Trinajstić information content (AvgIpc) is 2.74. The Labute approximate surface area is 123 Å². The number of carbonyl (C=O) groups is 3. The predicted molar refractivity (Wildman–Crippen MR) is 74.6 cm³/mol. The maximum Gasteiger partial charge on any atom is 0.326 e. The van der Waals surface area contributed by atoms with Gasteiger partial charge in [-0.1, -0.05) is 0 Å². The summed E-state index contributed by atoms with van der Waals surface area (Å²) in [6, 6.07) is -1.34. The van der Waals surface area contributed by atoms with Crippen LogP contribution in [0.5, 0.6) is 0 Å². The fourth-order valence-electron chi connectivity index (χ4n) is 3.03. The summed E-state index contributed by atoms with van der Waals surface area (Å²) in [5.41, 5.74) is 5.01. The molecule has 1 unspecified atom stereocenters. The molecule has 2 saturated heterocycles. The molecule has 0 aliphatic carbocycles. The van der Waals surface area contributed by atoms with E-state index in [-0.39, 0.29) is 0 Å². The van der Waals surface area contributed by atoms with E-state index in [4.69, 9.17) is 10.8 Å². The molecular weight excluding hydrogens is 276 g/mol. The van der Waals surface area contributed by atoms with Gasteiger partial charge >= 0.3 is 12.0 Å². The number of nitrogens with zero attached hydrogens (tertiary/aromatic N) is 2. The van der Waals surface area contributed by atoms with Gasteiger partial charge < -0.3 is 21.1 Å². The first-order valence-electron chi connectivity index (χ1n) is 7.28. The van der Waals surface area contributed by atoms with Crippen LogP contribution in [0.3, 0.4) is 0 Å². The van der Waals surface area contributed by atoms with E-state index in [1.54, 1.807) is 4.90 Å². The zero-order chi connectivity index (χ0) is 15.4. The molecule has 4 N–H and O–H groups in total. The van der Waals surface area contributed by atoms with E-state index in [0.29, 0.717) is 19.1 Å². The average molecular weight is 298 g/mol. The Morgan fingerprint density at radius 2 is 1.95 bits per heavy atom. The van der Waals surface area contributed by atoms with Gasteiger partial charge in [0, 0.05) is 25.7 Å². The summed E-state index contributed by atoms with van der Waals surface area (Å²) in [6.45, 7) is 3.24. The van der Waals surface area contributed by atoms with Crippen LogP contribution in [0, 0.1) is 0 Å². The van der Waals surface area contributed by atoms with E-state index in [1.165, 1.54) is 0 Å². The number of nitrogens with two attached hydrogens (primary N) is 1. The molecule has 2 aliphatic rings. The van der Waals surface area contributed by atoms with Crippen LogP contribution < -0.4 is 11.1 Å². The van der Waals surface area contributed by atoms with Crippen LogP contribution >= 0.6 is 0 Å². The number of hydrogen-bond acceptors (Lipinski definition) is 4. The summed E-state index contributed by atoms with van der Waals surface area (Å²) in [5, 5.41) is 11.4. The Bertz CT molecular complexity index is 428. The van der Waals surface area contributed by atoms with Crippen molar-refractivity contribution in [1.29, 1.82) is 0 Å². The maximum atomic E-state index is 12.2. The van der Waals surface area contributed by atoms with E-state index in [2.05, 4.69) is 10.2 Å². The minimum absolute atomic E-state index is 0.359. The molecule has 0 radical (unpaired) electrons. The highest BCUT2D eigenvalue weighted by Gasteiger charge is 2.32. The van der Waals surface area contributed by atoms with Gasteiger partial charge in [0.05, 0.1) is 6.42 Å². The first-order chi connectivity index (χ1) is 9.97. The Kier molecular flexibility index (Phi) is 5.00. The minimum Gasteiger partial charge on any atom is -0.480 e. The summed E-state index contributed by atoms with van der Waals surface area (Å²) in [6.07, 6.45) is 2.68. The fourth-order valence-corrected chi connectivity index (χ4v) is 3.03. The highest BCUT2D eigenvalue weighted by molar-refractivity contribution is 5.87. The van der Waals surface area contributed by atoms with E-state index < -0.39 is 30.4 Å². The number of nitrogens with one attached hydrogen (secondary N) is 1. The third-order valence-corrected chi connectivity index (χ3v) is 4.09. The van der Waals surface area contributed by atoms with Crippen LogP contribution in [0.1, 0.15) is 25.7 Å². The second kappa shape index (κ2) is 6.75. The van der Waals surface area contributed by atoms with E-state index >= 15 is 0 Å².